The fourth-order valence-electron chi connectivity index (χ4n) is 1.74. The number of hydrogen-bond donors (Lipinski definition) is 0. The highest BCUT2D eigenvalue weighted by molar-refractivity contribution is 5.74. The summed E-state index contributed by atoms with van der Waals surface area (Å²) < 4.78 is 5.00. The van der Waals surface area contributed by atoms with Crippen molar-refractivity contribution in [2.24, 2.45) is 11.3 Å². The van der Waals surface area contributed by atoms with Gasteiger partial charge in [-0.3, -0.25) is 4.79 Å². The van der Waals surface area contributed by atoms with Crippen molar-refractivity contribution < 1.29 is 19.3 Å². The van der Waals surface area contributed by atoms with Crippen molar-refractivity contribution in [3.05, 3.63) is 0 Å². The molecule has 0 N–H and O–H groups in total. The van der Waals surface area contributed by atoms with Gasteiger partial charge in [-0.1, -0.05) is 20.8 Å². The maximum absolute atomic E-state index is 11.7. The van der Waals surface area contributed by atoms with Crippen LogP contribution in [-0.4, -0.2) is 18.4 Å². The maximum atomic E-state index is 11.7. The molecule has 1 aliphatic rings. The molecule has 4 nitrogen and oxygen atoms in total. The zero-order valence-corrected chi connectivity index (χ0v) is 9.42. The molecule has 0 bridgehead atoms. The van der Waals surface area contributed by atoms with Crippen LogP contribution in [0.4, 0.5) is 0 Å². The monoisotopic (exact) mass is 202 g/mol. The van der Waals surface area contributed by atoms with Gasteiger partial charge >= 0.3 is 5.97 Å². The minimum atomic E-state index is -0.801. The van der Waals surface area contributed by atoms with Gasteiger partial charge in [-0.2, -0.15) is 9.78 Å². The van der Waals surface area contributed by atoms with Gasteiger partial charge in [0.05, 0.1) is 6.61 Å². The van der Waals surface area contributed by atoms with Gasteiger partial charge in [0, 0.05) is 0 Å². The summed E-state index contributed by atoms with van der Waals surface area (Å²) in [7, 11) is 0. The van der Waals surface area contributed by atoms with Crippen LogP contribution in [0.2, 0.25) is 0 Å². The van der Waals surface area contributed by atoms with Crippen LogP contribution in [0.5, 0.6) is 0 Å². The van der Waals surface area contributed by atoms with E-state index >= 15 is 0 Å². The lowest BCUT2D eigenvalue weighted by Crippen LogP contribution is -2.40. The maximum Gasteiger partial charge on any atom is 0.315 e. The lowest BCUT2D eigenvalue weighted by Gasteiger charge is -2.28. The van der Waals surface area contributed by atoms with E-state index in [9.17, 15) is 4.79 Å². The van der Waals surface area contributed by atoms with E-state index in [2.05, 4.69) is 0 Å². The molecule has 1 unspecified atom stereocenters. The minimum absolute atomic E-state index is 0.239. The topological polar surface area (TPSA) is 51.4 Å². The molecule has 1 saturated heterocycles. The number of carbonyl (C=O) groups excluding carboxylic acids is 1. The summed E-state index contributed by atoms with van der Waals surface area (Å²) in [5, 5.41) is 0. The summed E-state index contributed by atoms with van der Waals surface area (Å²) in [6, 6.07) is 0. The molecule has 0 aromatic heterocycles. The van der Waals surface area contributed by atoms with Crippen LogP contribution in [0.25, 0.3) is 0 Å². The standard InChI is InChI=1S/C10H18O4/c1-6-12-8(11)7(9(2,3)4)10(5)13-14-10/h7H,6H2,1-5H3. The zero-order valence-electron chi connectivity index (χ0n) is 9.42. The average Bonchev–Trinajstić information content (AvgIpc) is 2.65. The van der Waals surface area contributed by atoms with Crippen LogP contribution >= 0.6 is 0 Å². The predicted molar refractivity (Wildman–Crippen MR) is 50.2 cm³/mol. The van der Waals surface area contributed by atoms with E-state index in [0.717, 1.165) is 0 Å². The number of carbonyl (C=O) groups is 1. The van der Waals surface area contributed by atoms with Crippen molar-refractivity contribution in [1.29, 1.82) is 0 Å². The molecule has 0 aromatic carbocycles. The second-order valence-electron chi connectivity index (χ2n) is 4.73. The quantitative estimate of drug-likeness (QED) is 0.398. The summed E-state index contributed by atoms with van der Waals surface area (Å²) >= 11 is 0. The van der Waals surface area contributed by atoms with Gasteiger partial charge in [0.1, 0.15) is 5.92 Å². The van der Waals surface area contributed by atoms with Gasteiger partial charge in [-0.05, 0) is 19.3 Å². The van der Waals surface area contributed by atoms with E-state index in [1.807, 2.05) is 20.8 Å². The van der Waals surface area contributed by atoms with Gasteiger partial charge < -0.3 is 4.74 Å². The Hall–Kier alpha value is -0.610. The van der Waals surface area contributed by atoms with Crippen molar-refractivity contribution in [3.63, 3.8) is 0 Å². The molecular formula is C10H18O4. The fourth-order valence-corrected chi connectivity index (χ4v) is 1.74. The van der Waals surface area contributed by atoms with Gasteiger partial charge in [0.25, 0.3) is 0 Å². The largest absolute Gasteiger partial charge is 0.466 e. The molecule has 14 heavy (non-hydrogen) atoms. The molecule has 0 radical (unpaired) electrons. The molecule has 1 fully saturated rings. The first-order valence-electron chi connectivity index (χ1n) is 4.84. The van der Waals surface area contributed by atoms with Crippen LogP contribution in [-0.2, 0) is 19.3 Å². The number of ether oxygens (including phenoxy) is 1. The van der Waals surface area contributed by atoms with Gasteiger partial charge in [-0.25, -0.2) is 0 Å². The van der Waals surface area contributed by atoms with Crippen LogP contribution in [0, 0.1) is 11.3 Å². The van der Waals surface area contributed by atoms with Gasteiger partial charge in [0.2, 0.25) is 5.79 Å². The van der Waals surface area contributed by atoms with Crippen molar-refractivity contribution in [3.8, 4) is 0 Å². The fraction of sp³-hybridized carbons (Fsp3) is 0.900. The van der Waals surface area contributed by atoms with Crippen molar-refractivity contribution in [2.75, 3.05) is 6.61 Å². The van der Waals surface area contributed by atoms with E-state index < -0.39 is 11.7 Å². The zero-order chi connectivity index (χ0) is 11.0. The van der Waals surface area contributed by atoms with E-state index in [1.54, 1.807) is 13.8 Å². The summed E-state index contributed by atoms with van der Waals surface area (Å²) in [6.45, 7) is 9.80. The lowest BCUT2D eigenvalue weighted by molar-refractivity contribution is -0.155. The molecule has 1 rings (SSSR count). The van der Waals surface area contributed by atoms with Crippen LogP contribution in [0.3, 0.4) is 0 Å². The Kier molecular flexibility index (Phi) is 2.88. The molecule has 1 atom stereocenters. The van der Waals surface area contributed by atoms with Crippen molar-refractivity contribution >= 4 is 5.97 Å². The highest BCUT2D eigenvalue weighted by Gasteiger charge is 2.59. The summed E-state index contributed by atoms with van der Waals surface area (Å²) in [5.74, 6) is -1.46. The predicted octanol–water partition coefficient (Wildman–Crippen LogP) is 1.89. The third kappa shape index (κ3) is 2.25. The molecule has 0 saturated carbocycles. The Morgan fingerprint density at radius 2 is 1.93 bits per heavy atom. The van der Waals surface area contributed by atoms with Crippen molar-refractivity contribution in [1.82, 2.24) is 0 Å². The Labute approximate surface area is 84.4 Å². The van der Waals surface area contributed by atoms with E-state index in [-0.39, 0.29) is 11.4 Å². The first-order chi connectivity index (χ1) is 6.31. The van der Waals surface area contributed by atoms with Gasteiger partial charge in [0.15, 0.2) is 0 Å². The first-order valence-corrected chi connectivity index (χ1v) is 4.84. The number of rotatable bonds is 3. The number of esters is 1. The van der Waals surface area contributed by atoms with Crippen LogP contribution in [0.15, 0.2) is 0 Å². The molecule has 0 spiro atoms. The molecular weight excluding hydrogens is 184 g/mol. The molecule has 4 heteroatoms. The van der Waals surface area contributed by atoms with E-state index in [1.165, 1.54) is 0 Å². The minimum Gasteiger partial charge on any atom is -0.466 e. The smallest absolute Gasteiger partial charge is 0.315 e. The highest BCUT2D eigenvalue weighted by atomic mass is 17.4. The molecule has 0 aromatic rings. The Bertz CT molecular complexity index is 220. The lowest BCUT2D eigenvalue weighted by atomic mass is 9.76. The number of hydrogen-bond acceptors (Lipinski definition) is 4. The van der Waals surface area contributed by atoms with E-state index in [4.69, 9.17) is 14.5 Å². The molecule has 1 heterocycles. The summed E-state index contributed by atoms with van der Waals surface area (Å²) in [6.07, 6.45) is 0. The van der Waals surface area contributed by atoms with Gasteiger partial charge in [-0.15, -0.1) is 0 Å². The highest BCUT2D eigenvalue weighted by Crippen LogP contribution is 2.46. The average molecular weight is 202 g/mol. The summed E-state index contributed by atoms with van der Waals surface area (Å²) in [4.78, 5) is 21.4. The molecule has 1 aliphatic heterocycles. The first kappa shape index (κ1) is 11.5. The molecule has 0 aliphatic carbocycles. The normalized spacial score (nSPS) is 21.5. The Morgan fingerprint density at radius 3 is 2.21 bits per heavy atom. The molecule has 82 valence electrons. The summed E-state index contributed by atoms with van der Waals surface area (Å²) in [5.41, 5.74) is -0.239. The molecule has 0 amide bonds. The Morgan fingerprint density at radius 1 is 1.43 bits per heavy atom. The van der Waals surface area contributed by atoms with Crippen LogP contribution in [0.1, 0.15) is 34.6 Å². The van der Waals surface area contributed by atoms with Crippen molar-refractivity contribution in [2.45, 2.75) is 40.4 Å². The SMILES string of the molecule is CCOC(=O)C(C(C)(C)C)C1(C)OO1. The second kappa shape index (κ2) is 3.51. The second-order valence-corrected chi connectivity index (χ2v) is 4.73. The van der Waals surface area contributed by atoms with E-state index in [0.29, 0.717) is 6.61 Å². The van der Waals surface area contributed by atoms with Crippen LogP contribution < -0.4 is 0 Å². The Balaban J connectivity index is 2.78. The third-order valence-electron chi connectivity index (χ3n) is 2.26. The third-order valence-corrected chi connectivity index (χ3v) is 2.26.